The highest BCUT2D eigenvalue weighted by molar-refractivity contribution is 6.34. The van der Waals surface area contributed by atoms with Gasteiger partial charge in [-0.15, -0.1) is 0 Å². The Morgan fingerprint density at radius 2 is 1.62 bits per heavy atom. The molecule has 0 saturated heterocycles. The first kappa shape index (κ1) is 17.1. The van der Waals surface area contributed by atoms with Crippen molar-refractivity contribution in [2.24, 2.45) is 11.3 Å². The van der Waals surface area contributed by atoms with Gasteiger partial charge in [-0.25, -0.2) is 0 Å². The van der Waals surface area contributed by atoms with Crippen LogP contribution >= 0.6 is 23.2 Å². The van der Waals surface area contributed by atoms with E-state index in [0.29, 0.717) is 21.5 Å². The summed E-state index contributed by atoms with van der Waals surface area (Å²) in [7, 11) is 0. The molecule has 3 heteroatoms. The van der Waals surface area contributed by atoms with E-state index in [0.717, 1.165) is 12.5 Å². The van der Waals surface area contributed by atoms with E-state index >= 15 is 0 Å². The predicted octanol–water partition coefficient (Wildman–Crippen LogP) is 6.08. The van der Waals surface area contributed by atoms with Crippen LogP contribution in [0.4, 0.5) is 0 Å². The molecule has 0 radical (unpaired) electrons. The molecule has 1 aliphatic carbocycles. The molecule has 1 aromatic carbocycles. The molecule has 0 spiro atoms. The van der Waals surface area contributed by atoms with Crippen LogP contribution in [0.5, 0.6) is 0 Å². The van der Waals surface area contributed by atoms with Gasteiger partial charge in [0.15, 0.2) is 0 Å². The maximum absolute atomic E-state index is 6.04. The molecular formula is C18H27Cl2N. The van der Waals surface area contributed by atoms with Crippen LogP contribution in [-0.4, -0.2) is 6.04 Å². The molecule has 0 heterocycles. The van der Waals surface area contributed by atoms with Gasteiger partial charge in [-0.3, -0.25) is 0 Å². The zero-order valence-corrected chi connectivity index (χ0v) is 14.9. The Kier molecular flexibility index (Phi) is 5.99. The van der Waals surface area contributed by atoms with E-state index in [4.69, 9.17) is 23.2 Å². The maximum Gasteiger partial charge on any atom is 0.0424 e. The van der Waals surface area contributed by atoms with Crippen molar-refractivity contribution in [3.63, 3.8) is 0 Å². The minimum absolute atomic E-state index is 0.492. The van der Waals surface area contributed by atoms with E-state index in [-0.39, 0.29) is 0 Å². The predicted molar refractivity (Wildman–Crippen MR) is 93.1 cm³/mol. The van der Waals surface area contributed by atoms with Crippen molar-refractivity contribution in [3.05, 3.63) is 33.8 Å². The SMILES string of the molecule is CCC(C)(C)C1CCC(NCc2cc(Cl)cc(Cl)c2)CC1. The third-order valence-corrected chi connectivity index (χ3v) is 5.70. The molecule has 0 aromatic heterocycles. The highest BCUT2D eigenvalue weighted by Crippen LogP contribution is 2.40. The first-order chi connectivity index (χ1) is 9.90. The van der Waals surface area contributed by atoms with Crippen molar-refractivity contribution < 1.29 is 0 Å². The molecule has 0 atom stereocenters. The summed E-state index contributed by atoms with van der Waals surface area (Å²) in [5.41, 5.74) is 1.66. The number of nitrogens with one attached hydrogen (secondary N) is 1. The standard InChI is InChI=1S/C18H27Cl2N/c1-4-18(2,3)14-5-7-17(8-6-14)21-12-13-9-15(19)11-16(20)10-13/h9-11,14,17,21H,4-8,12H2,1-3H3. The molecule has 21 heavy (non-hydrogen) atoms. The highest BCUT2D eigenvalue weighted by Gasteiger charge is 2.31. The Morgan fingerprint density at radius 1 is 1.05 bits per heavy atom. The molecule has 1 nitrogen and oxygen atoms in total. The first-order valence-electron chi connectivity index (χ1n) is 8.09. The number of rotatable bonds is 5. The van der Waals surface area contributed by atoms with Crippen LogP contribution in [0.1, 0.15) is 58.4 Å². The third kappa shape index (κ3) is 4.87. The monoisotopic (exact) mass is 327 g/mol. The molecule has 0 unspecified atom stereocenters. The lowest BCUT2D eigenvalue weighted by molar-refractivity contribution is 0.137. The fraction of sp³-hybridized carbons (Fsp3) is 0.667. The maximum atomic E-state index is 6.04. The van der Waals surface area contributed by atoms with Gasteiger partial charge in [0.05, 0.1) is 0 Å². The minimum atomic E-state index is 0.492. The van der Waals surface area contributed by atoms with Crippen LogP contribution in [0.3, 0.4) is 0 Å². The summed E-state index contributed by atoms with van der Waals surface area (Å²) in [6.07, 6.45) is 6.52. The Morgan fingerprint density at radius 3 is 2.14 bits per heavy atom. The number of hydrogen-bond acceptors (Lipinski definition) is 1. The largest absolute Gasteiger partial charge is 0.310 e. The Labute approximate surface area is 139 Å². The van der Waals surface area contributed by atoms with Crippen molar-refractivity contribution in [2.75, 3.05) is 0 Å². The zero-order chi connectivity index (χ0) is 15.5. The van der Waals surface area contributed by atoms with E-state index in [2.05, 4.69) is 26.1 Å². The van der Waals surface area contributed by atoms with Crippen LogP contribution in [0, 0.1) is 11.3 Å². The van der Waals surface area contributed by atoms with Crippen molar-refractivity contribution >= 4 is 23.2 Å². The van der Waals surface area contributed by atoms with E-state index < -0.39 is 0 Å². The molecule has 0 aliphatic heterocycles. The topological polar surface area (TPSA) is 12.0 Å². The van der Waals surface area contributed by atoms with Crippen LogP contribution < -0.4 is 5.32 Å². The number of hydrogen-bond donors (Lipinski definition) is 1. The summed E-state index contributed by atoms with van der Waals surface area (Å²) >= 11 is 12.1. The molecule has 118 valence electrons. The molecule has 1 aromatic rings. The molecule has 1 aliphatic rings. The van der Waals surface area contributed by atoms with Crippen LogP contribution in [-0.2, 0) is 6.54 Å². The van der Waals surface area contributed by atoms with Crippen molar-refractivity contribution in [1.29, 1.82) is 0 Å². The third-order valence-electron chi connectivity index (χ3n) is 5.26. The van der Waals surface area contributed by atoms with E-state index in [9.17, 15) is 0 Å². The second-order valence-electron chi connectivity index (χ2n) is 7.05. The van der Waals surface area contributed by atoms with Gasteiger partial charge in [0.25, 0.3) is 0 Å². The number of halogens is 2. The second-order valence-corrected chi connectivity index (χ2v) is 7.92. The average molecular weight is 328 g/mol. The lowest BCUT2D eigenvalue weighted by Gasteiger charge is -2.39. The van der Waals surface area contributed by atoms with Gasteiger partial charge in [-0.05, 0) is 60.8 Å². The van der Waals surface area contributed by atoms with Gasteiger partial charge in [0, 0.05) is 22.6 Å². The van der Waals surface area contributed by atoms with Crippen LogP contribution in [0.15, 0.2) is 18.2 Å². The van der Waals surface area contributed by atoms with E-state index in [1.165, 1.54) is 37.7 Å². The van der Waals surface area contributed by atoms with Gasteiger partial charge in [-0.2, -0.15) is 0 Å². The number of benzene rings is 1. The minimum Gasteiger partial charge on any atom is -0.310 e. The normalized spacial score (nSPS) is 23.3. The van der Waals surface area contributed by atoms with Gasteiger partial charge in [-0.1, -0.05) is 50.4 Å². The first-order valence-corrected chi connectivity index (χ1v) is 8.84. The molecule has 0 bridgehead atoms. The summed E-state index contributed by atoms with van der Waals surface area (Å²) in [4.78, 5) is 0. The summed E-state index contributed by atoms with van der Waals surface area (Å²) in [5.74, 6) is 0.876. The molecule has 1 saturated carbocycles. The Hall–Kier alpha value is -0.240. The van der Waals surface area contributed by atoms with Crippen LogP contribution in [0.2, 0.25) is 10.0 Å². The Balaban J connectivity index is 1.81. The summed E-state index contributed by atoms with van der Waals surface area (Å²) in [5, 5.41) is 5.10. The van der Waals surface area contributed by atoms with E-state index in [1.807, 2.05) is 12.1 Å². The zero-order valence-electron chi connectivity index (χ0n) is 13.4. The lowest BCUT2D eigenvalue weighted by Crippen LogP contribution is -2.36. The Bertz CT molecular complexity index is 442. The summed E-state index contributed by atoms with van der Waals surface area (Å²) < 4.78 is 0. The van der Waals surface area contributed by atoms with Gasteiger partial charge >= 0.3 is 0 Å². The van der Waals surface area contributed by atoms with Crippen molar-refractivity contribution in [2.45, 2.75) is 65.5 Å². The highest BCUT2D eigenvalue weighted by atomic mass is 35.5. The summed E-state index contributed by atoms with van der Waals surface area (Å²) in [6.45, 7) is 8.00. The van der Waals surface area contributed by atoms with Crippen molar-refractivity contribution in [3.8, 4) is 0 Å². The smallest absolute Gasteiger partial charge is 0.0424 e. The van der Waals surface area contributed by atoms with Crippen LogP contribution in [0.25, 0.3) is 0 Å². The quantitative estimate of drug-likeness (QED) is 0.691. The second kappa shape index (κ2) is 7.35. The van der Waals surface area contributed by atoms with E-state index in [1.54, 1.807) is 6.07 Å². The fourth-order valence-corrected chi connectivity index (χ4v) is 3.91. The summed E-state index contributed by atoms with van der Waals surface area (Å²) in [6, 6.07) is 6.40. The molecule has 0 amide bonds. The van der Waals surface area contributed by atoms with Gasteiger partial charge < -0.3 is 5.32 Å². The lowest BCUT2D eigenvalue weighted by atomic mass is 9.69. The van der Waals surface area contributed by atoms with Gasteiger partial charge in [0.2, 0.25) is 0 Å². The van der Waals surface area contributed by atoms with Crippen molar-refractivity contribution in [1.82, 2.24) is 5.32 Å². The fourth-order valence-electron chi connectivity index (χ4n) is 3.34. The molecule has 1 fully saturated rings. The molecule has 2 rings (SSSR count). The average Bonchev–Trinajstić information content (AvgIpc) is 2.44. The molecule has 1 N–H and O–H groups in total. The van der Waals surface area contributed by atoms with Gasteiger partial charge in [0.1, 0.15) is 0 Å². The molecular weight excluding hydrogens is 301 g/mol.